The first-order chi connectivity index (χ1) is 18.3. The van der Waals surface area contributed by atoms with Crippen molar-refractivity contribution in [3.05, 3.63) is 72.3 Å². The summed E-state index contributed by atoms with van der Waals surface area (Å²) >= 11 is 1.52. The van der Waals surface area contributed by atoms with Crippen molar-refractivity contribution < 1.29 is 27.4 Å². The molecule has 0 unspecified atom stereocenters. The van der Waals surface area contributed by atoms with Gasteiger partial charge in [-0.15, -0.1) is 11.8 Å². The minimum absolute atomic E-state index is 0.116. The molecule has 1 amide bonds. The van der Waals surface area contributed by atoms with Crippen molar-refractivity contribution in [2.45, 2.75) is 29.6 Å². The van der Waals surface area contributed by atoms with E-state index in [0.29, 0.717) is 48.9 Å². The molecule has 3 aromatic carbocycles. The number of nitrogens with zero attached hydrogens (tertiary/aromatic N) is 1. The molecule has 0 atom stereocenters. The molecule has 38 heavy (non-hydrogen) atoms. The van der Waals surface area contributed by atoms with Crippen LogP contribution in [-0.4, -0.2) is 54.5 Å². The smallest absolute Gasteiger partial charge is 0.264 e. The van der Waals surface area contributed by atoms with Gasteiger partial charge in [0, 0.05) is 11.4 Å². The molecule has 0 fully saturated rings. The lowest BCUT2D eigenvalue weighted by molar-refractivity contribution is -0.119. The molecule has 0 heterocycles. The van der Waals surface area contributed by atoms with Crippen LogP contribution >= 0.6 is 11.8 Å². The molecule has 0 spiro atoms. The predicted octanol–water partition coefficient (Wildman–Crippen LogP) is 4.77. The monoisotopic (exact) mass is 558 g/mol. The Balaban J connectivity index is 1.70. The van der Waals surface area contributed by atoms with Gasteiger partial charge in [-0.05, 0) is 92.2 Å². The molecule has 0 aliphatic carbocycles. The number of hydrogen-bond acceptors (Lipinski definition) is 7. The van der Waals surface area contributed by atoms with Gasteiger partial charge in [0.05, 0.1) is 31.4 Å². The summed E-state index contributed by atoms with van der Waals surface area (Å²) in [5, 5.41) is 2.85. The minimum atomic E-state index is -3.99. The number of anilines is 1. The van der Waals surface area contributed by atoms with Crippen molar-refractivity contribution >= 4 is 33.4 Å². The first-order valence-corrected chi connectivity index (χ1v) is 14.9. The lowest BCUT2D eigenvalue weighted by Crippen LogP contribution is -2.41. The Hall–Kier alpha value is -3.37. The maximum atomic E-state index is 13.6. The van der Waals surface area contributed by atoms with Crippen LogP contribution in [0.15, 0.2) is 76.5 Å². The SMILES string of the molecule is CCOc1ccc(N(CC(=O)NCCCc2ccc(OC)c(OC)c2)S(=O)(=O)c2ccc(SC)cc2)cc1. The van der Waals surface area contributed by atoms with E-state index in [-0.39, 0.29) is 11.4 Å². The maximum Gasteiger partial charge on any atom is 0.264 e. The lowest BCUT2D eigenvalue weighted by Gasteiger charge is -2.24. The van der Waals surface area contributed by atoms with Crippen molar-refractivity contribution in [1.29, 1.82) is 0 Å². The summed E-state index contributed by atoms with van der Waals surface area (Å²) in [5.41, 5.74) is 1.42. The summed E-state index contributed by atoms with van der Waals surface area (Å²) in [6.45, 7) is 2.41. The van der Waals surface area contributed by atoms with Crippen molar-refractivity contribution in [2.75, 3.05) is 44.5 Å². The number of aryl methyl sites for hydroxylation is 1. The Bertz CT molecular complexity index is 1300. The number of rotatable bonds is 14. The van der Waals surface area contributed by atoms with Gasteiger partial charge in [-0.2, -0.15) is 0 Å². The fourth-order valence-corrected chi connectivity index (χ4v) is 5.64. The fraction of sp³-hybridized carbons (Fsp3) is 0.321. The molecule has 0 aliphatic heterocycles. The van der Waals surface area contributed by atoms with Gasteiger partial charge in [0.1, 0.15) is 12.3 Å². The number of sulfonamides is 1. The van der Waals surface area contributed by atoms with E-state index in [1.54, 1.807) is 62.8 Å². The zero-order valence-corrected chi connectivity index (χ0v) is 23.7. The topological polar surface area (TPSA) is 94.2 Å². The molecule has 204 valence electrons. The van der Waals surface area contributed by atoms with E-state index < -0.39 is 15.9 Å². The normalized spacial score (nSPS) is 11.1. The quantitative estimate of drug-likeness (QED) is 0.225. The van der Waals surface area contributed by atoms with E-state index in [2.05, 4.69) is 5.32 Å². The Morgan fingerprint density at radius 3 is 2.24 bits per heavy atom. The highest BCUT2D eigenvalue weighted by molar-refractivity contribution is 7.98. The summed E-state index contributed by atoms with van der Waals surface area (Å²) in [6, 6.07) is 19.0. The number of carbonyl (C=O) groups is 1. The zero-order chi connectivity index (χ0) is 27.5. The van der Waals surface area contributed by atoms with E-state index in [4.69, 9.17) is 14.2 Å². The summed E-state index contributed by atoms with van der Waals surface area (Å²) in [7, 11) is -0.818. The highest BCUT2D eigenvalue weighted by atomic mass is 32.2. The number of benzene rings is 3. The molecular weight excluding hydrogens is 524 g/mol. The van der Waals surface area contributed by atoms with Crippen LogP contribution in [0.4, 0.5) is 5.69 Å². The summed E-state index contributed by atoms with van der Waals surface area (Å²) in [6.07, 6.45) is 3.31. The van der Waals surface area contributed by atoms with Gasteiger partial charge in [-0.3, -0.25) is 9.10 Å². The number of methoxy groups -OCH3 is 2. The number of nitrogens with one attached hydrogen (secondary N) is 1. The highest BCUT2D eigenvalue weighted by Crippen LogP contribution is 2.29. The average Bonchev–Trinajstić information content (AvgIpc) is 2.94. The second-order valence-corrected chi connectivity index (χ2v) is 11.0. The highest BCUT2D eigenvalue weighted by Gasteiger charge is 2.27. The third-order valence-electron chi connectivity index (χ3n) is 5.78. The van der Waals surface area contributed by atoms with Crippen molar-refractivity contribution in [3.63, 3.8) is 0 Å². The molecule has 3 rings (SSSR count). The van der Waals surface area contributed by atoms with Crippen LogP contribution in [-0.2, 0) is 21.2 Å². The Kier molecular flexibility index (Phi) is 10.7. The summed E-state index contributed by atoms with van der Waals surface area (Å²) in [4.78, 5) is 14.0. The third-order valence-corrected chi connectivity index (χ3v) is 8.31. The number of hydrogen-bond donors (Lipinski definition) is 1. The Labute approximate surface area is 229 Å². The van der Waals surface area contributed by atoms with E-state index in [1.807, 2.05) is 31.4 Å². The molecule has 0 aromatic heterocycles. The van der Waals surface area contributed by atoms with Crippen molar-refractivity contribution in [3.8, 4) is 17.2 Å². The van der Waals surface area contributed by atoms with Crippen LogP contribution in [0.5, 0.6) is 17.2 Å². The first kappa shape index (κ1) is 29.2. The summed E-state index contributed by atoms with van der Waals surface area (Å²) in [5.74, 6) is 1.53. The second kappa shape index (κ2) is 14.0. The van der Waals surface area contributed by atoms with Gasteiger partial charge in [0.2, 0.25) is 5.91 Å². The maximum absolute atomic E-state index is 13.6. The number of thioether (sulfide) groups is 1. The lowest BCUT2D eigenvalue weighted by atomic mass is 10.1. The van der Waals surface area contributed by atoms with Crippen LogP contribution in [0.25, 0.3) is 0 Å². The van der Waals surface area contributed by atoms with Crippen LogP contribution in [0.1, 0.15) is 18.9 Å². The largest absolute Gasteiger partial charge is 0.494 e. The molecule has 3 aromatic rings. The Morgan fingerprint density at radius 2 is 1.63 bits per heavy atom. The molecule has 10 heteroatoms. The molecule has 0 saturated heterocycles. The average molecular weight is 559 g/mol. The zero-order valence-electron chi connectivity index (χ0n) is 22.1. The molecule has 0 aliphatic rings. The molecule has 0 bridgehead atoms. The first-order valence-electron chi connectivity index (χ1n) is 12.2. The van der Waals surface area contributed by atoms with E-state index in [9.17, 15) is 13.2 Å². The molecule has 0 radical (unpaired) electrons. The van der Waals surface area contributed by atoms with E-state index >= 15 is 0 Å². The molecule has 1 N–H and O–H groups in total. The van der Waals surface area contributed by atoms with Crippen LogP contribution in [0.2, 0.25) is 0 Å². The standard InChI is InChI=1S/C28H34N2O6S2/c1-5-36-23-11-9-22(10-12-23)30(38(32,33)25-15-13-24(37-4)14-16-25)20-28(31)29-18-6-7-21-8-17-26(34-2)27(19-21)35-3/h8-17,19H,5-7,18,20H2,1-4H3,(H,29,31). The van der Waals surface area contributed by atoms with Gasteiger partial charge in [0.25, 0.3) is 10.0 Å². The van der Waals surface area contributed by atoms with E-state index in [0.717, 1.165) is 14.8 Å². The number of carbonyl (C=O) groups excluding carboxylic acids is 1. The fourth-order valence-electron chi connectivity index (χ4n) is 3.81. The van der Waals surface area contributed by atoms with Crippen LogP contribution in [0.3, 0.4) is 0 Å². The van der Waals surface area contributed by atoms with Gasteiger partial charge >= 0.3 is 0 Å². The molecule has 0 saturated carbocycles. The second-order valence-electron chi connectivity index (χ2n) is 8.26. The van der Waals surface area contributed by atoms with Crippen molar-refractivity contribution in [2.24, 2.45) is 0 Å². The van der Waals surface area contributed by atoms with Crippen LogP contribution < -0.4 is 23.8 Å². The number of ether oxygens (including phenoxy) is 3. The van der Waals surface area contributed by atoms with Crippen LogP contribution in [0, 0.1) is 0 Å². The van der Waals surface area contributed by atoms with Gasteiger partial charge < -0.3 is 19.5 Å². The van der Waals surface area contributed by atoms with Gasteiger partial charge in [-0.25, -0.2) is 8.42 Å². The molecule has 8 nitrogen and oxygen atoms in total. The summed E-state index contributed by atoms with van der Waals surface area (Å²) < 4.78 is 44.4. The number of amides is 1. The minimum Gasteiger partial charge on any atom is -0.494 e. The predicted molar refractivity (Wildman–Crippen MR) is 151 cm³/mol. The third kappa shape index (κ3) is 7.58. The van der Waals surface area contributed by atoms with Gasteiger partial charge in [-0.1, -0.05) is 6.07 Å². The van der Waals surface area contributed by atoms with Gasteiger partial charge in [0.15, 0.2) is 11.5 Å². The molecular formula is C28H34N2O6S2. The van der Waals surface area contributed by atoms with Crippen molar-refractivity contribution in [1.82, 2.24) is 5.32 Å². The Morgan fingerprint density at radius 1 is 0.947 bits per heavy atom. The van der Waals surface area contributed by atoms with E-state index in [1.165, 1.54) is 11.8 Å².